The molecule has 0 bridgehead atoms. The van der Waals surface area contributed by atoms with Gasteiger partial charge in [0.25, 0.3) is 0 Å². The largest absolute Gasteiger partial charge is 0.390 e. The topological polar surface area (TPSA) is 78.3 Å². The number of thioether (sulfide) groups is 1. The van der Waals surface area contributed by atoms with Crippen LogP contribution in [-0.2, 0) is 0 Å². The first kappa shape index (κ1) is 14.7. The van der Waals surface area contributed by atoms with E-state index in [1.807, 2.05) is 6.26 Å². The molecule has 0 aromatic carbocycles. The normalized spacial score (nSPS) is 14.6. The lowest BCUT2D eigenvalue weighted by Crippen LogP contribution is -2.23. The van der Waals surface area contributed by atoms with Gasteiger partial charge in [-0.1, -0.05) is 23.4 Å². The zero-order valence-electron chi connectivity index (χ0n) is 9.72. The fraction of sp³-hybridized carbons (Fsp3) is 0.600. The number of hydrogen-bond donors (Lipinski definition) is 3. The van der Waals surface area contributed by atoms with E-state index in [2.05, 4.69) is 15.3 Å². The third-order valence-corrected chi connectivity index (χ3v) is 3.17. The Morgan fingerprint density at radius 3 is 2.76 bits per heavy atom. The second-order valence-electron chi connectivity index (χ2n) is 3.51. The van der Waals surface area contributed by atoms with Gasteiger partial charge >= 0.3 is 0 Å². The van der Waals surface area contributed by atoms with Crippen molar-refractivity contribution in [3.05, 3.63) is 16.9 Å². The first-order valence-electron chi connectivity index (χ1n) is 5.17. The number of aliphatic hydroxyl groups is 2. The molecule has 0 saturated heterocycles. The Labute approximate surface area is 110 Å². The molecule has 0 radical (unpaired) electrons. The zero-order valence-corrected chi connectivity index (χ0v) is 11.3. The van der Waals surface area contributed by atoms with Crippen LogP contribution in [0, 0.1) is 0 Å². The zero-order chi connectivity index (χ0) is 12.8. The maximum atomic E-state index is 9.91. The van der Waals surface area contributed by atoms with E-state index >= 15 is 0 Å². The lowest BCUT2D eigenvalue weighted by atomic mass is 10.1. The van der Waals surface area contributed by atoms with Gasteiger partial charge in [-0.25, -0.2) is 9.97 Å². The summed E-state index contributed by atoms with van der Waals surface area (Å²) < 4.78 is 0. The maximum Gasteiger partial charge on any atom is 0.188 e. The van der Waals surface area contributed by atoms with Crippen LogP contribution in [0.1, 0.15) is 18.1 Å². The van der Waals surface area contributed by atoms with Gasteiger partial charge in [0.05, 0.1) is 6.10 Å². The molecule has 17 heavy (non-hydrogen) atoms. The number of rotatable bonds is 6. The van der Waals surface area contributed by atoms with E-state index < -0.39 is 12.2 Å². The van der Waals surface area contributed by atoms with Gasteiger partial charge in [-0.15, -0.1) is 0 Å². The molecule has 0 aliphatic rings. The van der Waals surface area contributed by atoms with Crippen LogP contribution in [0.3, 0.4) is 0 Å². The number of aliphatic hydroxyl groups excluding tert-OH is 2. The summed E-state index contributed by atoms with van der Waals surface area (Å²) in [7, 11) is 1.78. The lowest BCUT2D eigenvalue weighted by molar-refractivity contribution is 0.0136. The van der Waals surface area contributed by atoms with Crippen LogP contribution in [0.25, 0.3) is 0 Å². The molecule has 1 heterocycles. The third-order valence-electron chi connectivity index (χ3n) is 2.30. The van der Waals surface area contributed by atoms with Crippen molar-refractivity contribution in [2.75, 3.05) is 19.8 Å². The highest BCUT2D eigenvalue weighted by Crippen LogP contribution is 2.25. The minimum Gasteiger partial charge on any atom is -0.390 e. The summed E-state index contributed by atoms with van der Waals surface area (Å²) in [6, 6.07) is 0. The summed E-state index contributed by atoms with van der Waals surface area (Å²) in [5, 5.41) is 23.3. The van der Waals surface area contributed by atoms with E-state index in [1.54, 1.807) is 7.05 Å². The van der Waals surface area contributed by atoms with Crippen molar-refractivity contribution in [1.82, 2.24) is 15.3 Å². The minimum absolute atomic E-state index is 0.181. The van der Waals surface area contributed by atoms with Crippen molar-refractivity contribution >= 4 is 23.4 Å². The smallest absolute Gasteiger partial charge is 0.188 e. The molecule has 0 spiro atoms. The van der Waals surface area contributed by atoms with Gasteiger partial charge in [-0.2, -0.15) is 0 Å². The Morgan fingerprint density at radius 2 is 2.24 bits per heavy atom. The summed E-state index contributed by atoms with van der Waals surface area (Å²) in [6.07, 6.45) is 1.77. The molecule has 2 unspecified atom stereocenters. The number of nitrogens with zero attached hydrogens (tertiary/aromatic N) is 2. The van der Waals surface area contributed by atoms with Crippen LogP contribution in [0.5, 0.6) is 0 Å². The molecule has 1 aromatic rings. The fourth-order valence-corrected chi connectivity index (χ4v) is 1.94. The van der Waals surface area contributed by atoms with E-state index in [1.165, 1.54) is 18.0 Å². The van der Waals surface area contributed by atoms with Crippen LogP contribution in [0.15, 0.2) is 11.4 Å². The standard InChI is InChI=1S/C10H16ClN3O2S/c1-12-4-3-7(15)8(16)6-5-13-10(17-2)14-9(6)11/h5,7-8,12,15-16H,3-4H2,1-2H3. The van der Waals surface area contributed by atoms with Crippen LogP contribution >= 0.6 is 23.4 Å². The molecule has 5 nitrogen and oxygen atoms in total. The predicted octanol–water partition coefficient (Wildman–Crippen LogP) is 0.856. The van der Waals surface area contributed by atoms with Gasteiger partial charge < -0.3 is 15.5 Å². The maximum absolute atomic E-state index is 9.91. The van der Waals surface area contributed by atoms with Crippen molar-refractivity contribution in [3.8, 4) is 0 Å². The Balaban J connectivity index is 2.77. The Bertz CT molecular complexity index is 367. The SMILES string of the molecule is CNCCC(O)C(O)c1cnc(SC)nc1Cl. The highest BCUT2D eigenvalue weighted by molar-refractivity contribution is 7.98. The van der Waals surface area contributed by atoms with Crippen LogP contribution < -0.4 is 5.32 Å². The number of nitrogens with one attached hydrogen (secondary N) is 1. The van der Waals surface area contributed by atoms with Crippen LogP contribution in [0.4, 0.5) is 0 Å². The summed E-state index contributed by atoms with van der Waals surface area (Å²) in [5.74, 6) is 0. The van der Waals surface area contributed by atoms with E-state index in [0.717, 1.165) is 0 Å². The number of hydrogen-bond acceptors (Lipinski definition) is 6. The van der Waals surface area contributed by atoms with Gasteiger partial charge in [-0.05, 0) is 26.3 Å². The third kappa shape index (κ3) is 4.08. The highest BCUT2D eigenvalue weighted by atomic mass is 35.5. The Hall–Kier alpha value is -0.400. The van der Waals surface area contributed by atoms with Crippen LogP contribution in [0.2, 0.25) is 5.15 Å². The molecule has 0 fully saturated rings. The molecule has 0 aliphatic heterocycles. The highest BCUT2D eigenvalue weighted by Gasteiger charge is 2.21. The summed E-state index contributed by atoms with van der Waals surface area (Å²) in [5.41, 5.74) is 0.355. The van der Waals surface area contributed by atoms with Gasteiger partial charge in [0, 0.05) is 11.8 Å². The minimum atomic E-state index is -1.06. The Morgan fingerprint density at radius 1 is 1.53 bits per heavy atom. The van der Waals surface area contributed by atoms with Gasteiger partial charge in [0.15, 0.2) is 5.16 Å². The fourth-order valence-electron chi connectivity index (χ4n) is 1.31. The first-order valence-corrected chi connectivity index (χ1v) is 6.77. The van der Waals surface area contributed by atoms with Gasteiger partial charge in [0.1, 0.15) is 11.3 Å². The van der Waals surface area contributed by atoms with E-state index in [0.29, 0.717) is 23.7 Å². The van der Waals surface area contributed by atoms with Gasteiger partial charge in [0.2, 0.25) is 0 Å². The molecule has 2 atom stereocenters. The van der Waals surface area contributed by atoms with Crippen LogP contribution in [-0.4, -0.2) is 46.1 Å². The molecule has 1 rings (SSSR count). The number of halogens is 1. The van der Waals surface area contributed by atoms with E-state index in [9.17, 15) is 10.2 Å². The molecular weight excluding hydrogens is 262 g/mol. The van der Waals surface area contributed by atoms with E-state index in [-0.39, 0.29) is 5.15 Å². The van der Waals surface area contributed by atoms with Crippen molar-refractivity contribution < 1.29 is 10.2 Å². The molecule has 1 aromatic heterocycles. The average molecular weight is 278 g/mol. The van der Waals surface area contributed by atoms with Gasteiger partial charge in [-0.3, -0.25) is 0 Å². The quantitative estimate of drug-likeness (QED) is 0.407. The van der Waals surface area contributed by atoms with Crippen molar-refractivity contribution in [3.63, 3.8) is 0 Å². The van der Waals surface area contributed by atoms with E-state index in [4.69, 9.17) is 11.6 Å². The lowest BCUT2D eigenvalue weighted by Gasteiger charge is -2.18. The molecular formula is C10H16ClN3O2S. The van der Waals surface area contributed by atoms with Crippen molar-refractivity contribution in [2.24, 2.45) is 0 Å². The predicted molar refractivity (Wildman–Crippen MR) is 68.3 cm³/mol. The van der Waals surface area contributed by atoms with Crippen molar-refractivity contribution in [1.29, 1.82) is 0 Å². The summed E-state index contributed by atoms with van der Waals surface area (Å²) >= 11 is 7.29. The average Bonchev–Trinajstić information content (AvgIpc) is 2.34. The second-order valence-corrected chi connectivity index (χ2v) is 4.64. The summed E-state index contributed by atoms with van der Waals surface area (Å²) in [6.45, 7) is 0.611. The summed E-state index contributed by atoms with van der Waals surface area (Å²) in [4.78, 5) is 8.03. The monoisotopic (exact) mass is 277 g/mol. The first-order chi connectivity index (χ1) is 8.10. The molecule has 3 N–H and O–H groups in total. The Kier molecular flexibility index (Phi) is 6.15. The molecule has 96 valence electrons. The molecule has 0 saturated carbocycles. The van der Waals surface area contributed by atoms with Crippen molar-refractivity contribution in [2.45, 2.75) is 23.8 Å². The molecule has 0 amide bonds. The molecule has 7 heteroatoms. The second kappa shape index (κ2) is 7.13. The number of aromatic nitrogens is 2. The molecule has 0 aliphatic carbocycles.